The number of aromatic nitrogens is 4. The number of rotatable bonds is 8. The van der Waals surface area contributed by atoms with Crippen molar-refractivity contribution in [2.75, 3.05) is 12.4 Å². The summed E-state index contributed by atoms with van der Waals surface area (Å²) in [6.45, 7) is 5.65. The average Bonchev–Trinajstić information content (AvgIpc) is 3.37. The third kappa shape index (κ3) is 5.21. The van der Waals surface area contributed by atoms with E-state index in [2.05, 4.69) is 15.5 Å². The van der Waals surface area contributed by atoms with E-state index in [1.165, 1.54) is 4.68 Å². The highest BCUT2D eigenvalue weighted by atomic mass is 35.5. The van der Waals surface area contributed by atoms with Crippen molar-refractivity contribution >= 4 is 23.2 Å². The van der Waals surface area contributed by atoms with E-state index < -0.39 is 5.41 Å². The molecule has 0 radical (unpaired) electrons. The maximum Gasteiger partial charge on any atom is 0.295 e. The minimum atomic E-state index is -0.520. The fourth-order valence-corrected chi connectivity index (χ4v) is 4.27. The van der Waals surface area contributed by atoms with Crippen molar-refractivity contribution in [1.29, 1.82) is 0 Å². The number of benzene rings is 2. The molecular weight excluding hydrogens is 482 g/mol. The Morgan fingerprint density at radius 1 is 1.19 bits per heavy atom. The van der Waals surface area contributed by atoms with Gasteiger partial charge in [-0.2, -0.15) is 4.98 Å². The molecule has 0 aliphatic carbocycles. The molecule has 36 heavy (non-hydrogen) atoms. The lowest BCUT2D eigenvalue weighted by Crippen LogP contribution is -2.27. The fraction of sp³-hybridized carbons (Fsp3) is 0.308. The Bertz CT molecular complexity index is 1450. The number of hydrogen-bond donors (Lipinski definition) is 1. The van der Waals surface area contributed by atoms with Crippen LogP contribution in [0.1, 0.15) is 31.9 Å². The molecule has 0 spiro atoms. The summed E-state index contributed by atoms with van der Waals surface area (Å²) in [6, 6.07) is 14.4. The molecule has 0 bridgehead atoms. The number of halogens is 1. The van der Waals surface area contributed by atoms with Gasteiger partial charge in [0.15, 0.2) is 0 Å². The van der Waals surface area contributed by atoms with Gasteiger partial charge < -0.3 is 14.6 Å². The third-order valence-electron chi connectivity index (χ3n) is 5.96. The third-order valence-corrected chi connectivity index (χ3v) is 6.19. The SMILES string of the molecule is COc1ccc(Cl)cc1-c1noc(CC(C)(C)CC(=O)Nc2c(C)n(C)n(-c3ccccc3)c2=O)n1. The molecule has 4 aromatic rings. The second kappa shape index (κ2) is 10.0. The van der Waals surface area contributed by atoms with Crippen molar-refractivity contribution in [3.8, 4) is 22.8 Å². The van der Waals surface area contributed by atoms with E-state index in [0.717, 1.165) is 5.69 Å². The van der Waals surface area contributed by atoms with Gasteiger partial charge in [-0.25, -0.2) is 4.68 Å². The van der Waals surface area contributed by atoms with Crippen LogP contribution in [-0.4, -0.2) is 32.5 Å². The highest BCUT2D eigenvalue weighted by molar-refractivity contribution is 6.30. The van der Waals surface area contributed by atoms with Gasteiger partial charge in [-0.1, -0.05) is 48.8 Å². The van der Waals surface area contributed by atoms with Crippen molar-refractivity contribution in [1.82, 2.24) is 19.5 Å². The zero-order valence-corrected chi connectivity index (χ0v) is 21.6. The van der Waals surface area contributed by atoms with E-state index in [1.807, 2.05) is 44.2 Å². The molecule has 1 amide bonds. The molecule has 10 heteroatoms. The first-order valence-corrected chi connectivity index (χ1v) is 11.8. The summed E-state index contributed by atoms with van der Waals surface area (Å²) < 4.78 is 14.1. The van der Waals surface area contributed by atoms with Gasteiger partial charge in [0.05, 0.1) is 24.1 Å². The number of anilines is 1. The normalized spacial score (nSPS) is 11.5. The summed E-state index contributed by atoms with van der Waals surface area (Å²) in [5.41, 5.74) is 1.45. The maximum absolute atomic E-state index is 13.1. The van der Waals surface area contributed by atoms with E-state index in [-0.39, 0.29) is 23.6 Å². The highest BCUT2D eigenvalue weighted by Gasteiger charge is 2.28. The Labute approximate surface area is 213 Å². The average molecular weight is 510 g/mol. The molecule has 0 saturated heterocycles. The molecule has 0 fully saturated rings. The minimum Gasteiger partial charge on any atom is -0.496 e. The van der Waals surface area contributed by atoms with Crippen LogP contribution in [0.2, 0.25) is 5.02 Å². The summed E-state index contributed by atoms with van der Waals surface area (Å²) >= 11 is 6.12. The van der Waals surface area contributed by atoms with Crippen LogP contribution in [0.5, 0.6) is 5.75 Å². The summed E-state index contributed by atoms with van der Waals surface area (Å²) in [5.74, 6) is 1.03. The first-order valence-electron chi connectivity index (χ1n) is 11.4. The van der Waals surface area contributed by atoms with Crippen LogP contribution in [0.15, 0.2) is 57.8 Å². The number of nitrogens with one attached hydrogen (secondary N) is 1. The molecule has 9 nitrogen and oxygen atoms in total. The number of para-hydroxylation sites is 1. The number of nitrogens with zero attached hydrogens (tertiary/aromatic N) is 4. The van der Waals surface area contributed by atoms with Gasteiger partial charge in [-0.3, -0.25) is 14.3 Å². The van der Waals surface area contributed by atoms with Crippen LogP contribution in [0.25, 0.3) is 17.1 Å². The van der Waals surface area contributed by atoms with Gasteiger partial charge in [0.2, 0.25) is 17.6 Å². The maximum atomic E-state index is 13.1. The van der Waals surface area contributed by atoms with E-state index in [9.17, 15) is 9.59 Å². The molecule has 1 N–H and O–H groups in total. The fourth-order valence-electron chi connectivity index (χ4n) is 4.09. The molecular formula is C26H28ClN5O4. The minimum absolute atomic E-state index is 0.143. The lowest BCUT2D eigenvalue weighted by atomic mass is 9.85. The zero-order chi connectivity index (χ0) is 26.0. The number of ether oxygens (including phenoxy) is 1. The quantitative estimate of drug-likeness (QED) is 0.366. The molecule has 0 aliphatic heterocycles. The van der Waals surface area contributed by atoms with Crippen LogP contribution in [-0.2, 0) is 18.3 Å². The number of amides is 1. The van der Waals surface area contributed by atoms with Gasteiger partial charge in [0, 0.05) is 24.9 Å². The van der Waals surface area contributed by atoms with Gasteiger partial charge in [0.25, 0.3) is 5.56 Å². The monoisotopic (exact) mass is 509 g/mol. The largest absolute Gasteiger partial charge is 0.496 e. The molecule has 4 rings (SSSR count). The Morgan fingerprint density at radius 3 is 2.61 bits per heavy atom. The summed E-state index contributed by atoms with van der Waals surface area (Å²) in [6.07, 6.45) is 0.503. The topological polar surface area (TPSA) is 104 Å². The molecule has 2 aromatic heterocycles. The molecule has 2 heterocycles. The van der Waals surface area contributed by atoms with Gasteiger partial charge >= 0.3 is 0 Å². The Balaban J connectivity index is 1.48. The Hall–Kier alpha value is -3.85. The molecule has 188 valence electrons. The number of carbonyl (C=O) groups excluding carboxylic acids is 1. The molecule has 0 atom stereocenters. The van der Waals surface area contributed by atoms with Crippen LogP contribution in [0, 0.1) is 12.3 Å². The van der Waals surface area contributed by atoms with Crippen LogP contribution < -0.4 is 15.6 Å². The van der Waals surface area contributed by atoms with E-state index in [4.69, 9.17) is 20.9 Å². The second-order valence-corrected chi connectivity index (χ2v) is 9.80. The van der Waals surface area contributed by atoms with Gasteiger partial charge in [-0.05, 0) is 42.7 Å². The lowest BCUT2D eigenvalue weighted by Gasteiger charge is -2.21. The Kier molecular flexibility index (Phi) is 7.03. The van der Waals surface area contributed by atoms with Crippen molar-refractivity contribution in [2.45, 2.75) is 33.6 Å². The second-order valence-electron chi connectivity index (χ2n) is 9.36. The predicted octanol–water partition coefficient (Wildman–Crippen LogP) is 4.79. The molecule has 2 aromatic carbocycles. The van der Waals surface area contributed by atoms with E-state index >= 15 is 0 Å². The summed E-state index contributed by atoms with van der Waals surface area (Å²) in [7, 11) is 3.34. The molecule has 0 unspecified atom stereocenters. The molecule has 0 saturated carbocycles. The first kappa shape index (κ1) is 25.2. The van der Waals surface area contributed by atoms with Crippen molar-refractivity contribution in [2.24, 2.45) is 12.5 Å². The van der Waals surface area contributed by atoms with Crippen molar-refractivity contribution in [3.63, 3.8) is 0 Å². The Morgan fingerprint density at radius 2 is 1.92 bits per heavy atom. The highest BCUT2D eigenvalue weighted by Crippen LogP contribution is 2.32. The van der Waals surface area contributed by atoms with Crippen LogP contribution in [0.3, 0.4) is 0 Å². The summed E-state index contributed by atoms with van der Waals surface area (Å²) in [4.78, 5) is 30.5. The summed E-state index contributed by atoms with van der Waals surface area (Å²) in [5, 5.41) is 7.40. The predicted molar refractivity (Wildman–Crippen MR) is 138 cm³/mol. The standard InChI is InChI=1S/C26H28ClN5O4/c1-16-23(25(34)32(31(16)4)18-9-7-6-8-10-18)28-21(33)14-26(2,3)15-22-29-24(30-36-22)19-13-17(27)11-12-20(19)35-5/h6-13H,14-15H2,1-5H3,(H,28,33). The van der Waals surface area contributed by atoms with Crippen LogP contribution in [0.4, 0.5) is 5.69 Å². The smallest absolute Gasteiger partial charge is 0.295 e. The van der Waals surface area contributed by atoms with Crippen LogP contribution >= 0.6 is 11.6 Å². The first-order chi connectivity index (χ1) is 17.1. The zero-order valence-electron chi connectivity index (χ0n) is 20.8. The van der Waals surface area contributed by atoms with Gasteiger partial charge in [0.1, 0.15) is 11.4 Å². The molecule has 0 aliphatic rings. The lowest BCUT2D eigenvalue weighted by molar-refractivity contribution is -0.118. The number of carbonyl (C=O) groups is 1. The van der Waals surface area contributed by atoms with Crippen molar-refractivity contribution in [3.05, 3.63) is 75.5 Å². The number of hydrogen-bond acceptors (Lipinski definition) is 6. The van der Waals surface area contributed by atoms with E-state index in [1.54, 1.807) is 44.0 Å². The number of methoxy groups -OCH3 is 1. The van der Waals surface area contributed by atoms with Crippen molar-refractivity contribution < 1.29 is 14.1 Å². The van der Waals surface area contributed by atoms with E-state index in [0.29, 0.717) is 40.2 Å². The van der Waals surface area contributed by atoms with Gasteiger partial charge in [-0.15, -0.1) is 0 Å².